The molecule has 3 heteroatoms. The van der Waals surface area contributed by atoms with Gasteiger partial charge in [0.15, 0.2) is 0 Å². The number of benzene rings is 2. The fourth-order valence-electron chi connectivity index (χ4n) is 2.03. The van der Waals surface area contributed by atoms with Crippen LogP contribution in [-0.2, 0) is 11.2 Å². The van der Waals surface area contributed by atoms with Crippen molar-refractivity contribution < 1.29 is 14.6 Å². The summed E-state index contributed by atoms with van der Waals surface area (Å²) in [7, 11) is 0. The van der Waals surface area contributed by atoms with E-state index in [4.69, 9.17) is 9.84 Å². The van der Waals surface area contributed by atoms with Crippen LogP contribution in [0.25, 0.3) is 11.1 Å². The molecular weight excluding hydrogens is 252 g/mol. The van der Waals surface area contributed by atoms with Gasteiger partial charge in [0.25, 0.3) is 0 Å². The third-order valence-electron chi connectivity index (χ3n) is 3.08. The minimum Gasteiger partial charge on any atom is -0.494 e. The first-order chi connectivity index (χ1) is 9.69. The van der Waals surface area contributed by atoms with Crippen molar-refractivity contribution in [2.24, 2.45) is 0 Å². The van der Waals surface area contributed by atoms with E-state index in [1.54, 1.807) is 0 Å². The van der Waals surface area contributed by atoms with Crippen LogP contribution in [0, 0.1) is 0 Å². The maximum Gasteiger partial charge on any atom is 0.303 e. The SMILES string of the molecule is CCOc1ccc(-c2ccc(CCC(=O)O)cc2)cc1. The highest BCUT2D eigenvalue weighted by Crippen LogP contribution is 2.23. The van der Waals surface area contributed by atoms with Gasteiger partial charge in [-0.15, -0.1) is 0 Å². The number of carboxylic acid groups (broad SMARTS) is 1. The molecule has 0 aliphatic rings. The summed E-state index contributed by atoms with van der Waals surface area (Å²) in [6.07, 6.45) is 0.737. The molecule has 0 fully saturated rings. The molecule has 0 radical (unpaired) electrons. The first-order valence-electron chi connectivity index (χ1n) is 6.73. The summed E-state index contributed by atoms with van der Waals surface area (Å²) in [6.45, 7) is 2.63. The monoisotopic (exact) mass is 270 g/mol. The van der Waals surface area contributed by atoms with Crippen LogP contribution in [0.15, 0.2) is 48.5 Å². The minimum atomic E-state index is -0.763. The van der Waals surface area contributed by atoms with E-state index in [9.17, 15) is 4.79 Å². The number of hydrogen-bond acceptors (Lipinski definition) is 2. The molecule has 3 nitrogen and oxygen atoms in total. The fourth-order valence-corrected chi connectivity index (χ4v) is 2.03. The lowest BCUT2D eigenvalue weighted by Gasteiger charge is -2.06. The highest BCUT2D eigenvalue weighted by molar-refractivity contribution is 5.67. The third kappa shape index (κ3) is 3.85. The summed E-state index contributed by atoms with van der Waals surface area (Å²) >= 11 is 0. The Balaban J connectivity index is 2.07. The van der Waals surface area contributed by atoms with Crippen LogP contribution in [0.3, 0.4) is 0 Å². The molecule has 0 aromatic heterocycles. The Kier molecular flexibility index (Phi) is 4.77. The largest absolute Gasteiger partial charge is 0.494 e. The summed E-state index contributed by atoms with van der Waals surface area (Å²) in [5.41, 5.74) is 3.28. The summed E-state index contributed by atoms with van der Waals surface area (Å²) in [5.74, 6) is 0.106. The van der Waals surface area contributed by atoms with Gasteiger partial charge in [0.1, 0.15) is 5.75 Å². The average molecular weight is 270 g/mol. The maximum atomic E-state index is 10.5. The van der Waals surface area contributed by atoms with E-state index < -0.39 is 5.97 Å². The van der Waals surface area contributed by atoms with Gasteiger partial charge in [-0.2, -0.15) is 0 Å². The second-order valence-corrected chi connectivity index (χ2v) is 4.55. The van der Waals surface area contributed by atoms with E-state index in [2.05, 4.69) is 0 Å². The zero-order valence-corrected chi connectivity index (χ0v) is 11.5. The second kappa shape index (κ2) is 6.75. The molecule has 0 saturated heterocycles. The molecular formula is C17H18O3. The van der Waals surface area contributed by atoms with E-state index in [-0.39, 0.29) is 6.42 Å². The van der Waals surface area contributed by atoms with Crippen molar-refractivity contribution in [2.45, 2.75) is 19.8 Å². The Morgan fingerprint density at radius 3 is 2.05 bits per heavy atom. The molecule has 2 aromatic rings. The summed E-state index contributed by atoms with van der Waals surface area (Å²) in [6, 6.07) is 16.0. The summed E-state index contributed by atoms with van der Waals surface area (Å²) in [4.78, 5) is 10.5. The van der Waals surface area contributed by atoms with Crippen molar-refractivity contribution in [3.05, 3.63) is 54.1 Å². The predicted molar refractivity (Wildman–Crippen MR) is 79.0 cm³/mol. The molecule has 0 aliphatic heterocycles. The first-order valence-corrected chi connectivity index (χ1v) is 6.73. The number of hydrogen-bond donors (Lipinski definition) is 1. The van der Waals surface area contributed by atoms with Crippen molar-refractivity contribution in [1.82, 2.24) is 0 Å². The highest BCUT2D eigenvalue weighted by atomic mass is 16.5. The van der Waals surface area contributed by atoms with Crippen LogP contribution in [0.1, 0.15) is 18.9 Å². The quantitative estimate of drug-likeness (QED) is 0.869. The van der Waals surface area contributed by atoms with Gasteiger partial charge >= 0.3 is 5.97 Å². The van der Waals surface area contributed by atoms with Gasteiger partial charge in [-0.3, -0.25) is 4.79 Å². The summed E-state index contributed by atoms with van der Waals surface area (Å²) < 4.78 is 5.41. The first kappa shape index (κ1) is 14.1. The molecule has 0 atom stereocenters. The van der Waals surface area contributed by atoms with E-state index in [0.29, 0.717) is 13.0 Å². The fraction of sp³-hybridized carbons (Fsp3) is 0.235. The second-order valence-electron chi connectivity index (χ2n) is 4.55. The molecule has 0 spiro atoms. The van der Waals surface area contributed by atoms with Crippen LogP contribution >= 0.6 is 0 Å². The molecule has 0 bridgehead atoms. The smallest absolute Gasteiger partial charge is 0.303 e. The van der Waals surface area contributed by atoms with E-state index >= 15 is 0 Å². The van der Waals surface area contributed by atoms with Gasteiger partial charge in [0, 0.05) is 6.42 Å². The Hall–Kier alpha value is -2.29. The number of carbonyl (C=O) groups is 1. The Morgan fingerprint density at radius 1 is 1.00 bits per heavy atom. The Bertz CT molecular complexity index is 556. The molecule has 20 heavy (non-hydrogen) atoms. The van der Waals surface area contributed by atoms with Gasteiger partial charge in [-0.25, -0.2) is 0 Å². The van der Waals surface area contributed by atoms with Crippen molar-refractivity contribution in [2.75, 3.05) is 6.61 Å². The molecule has 1 N–H and O–H groups in total. The Labute approximate surface area is 118 Å². The summed E-state index contributed by atoms with van der Waals surface area (Å²) in [5, 5.41) is 8.67. The van der Waals surface area contributed by atoms with Crippen LogP contribution in [0.4, 0.5) is 0 Å². The average Bonchev–Trinajstić information content (AvgIpc) is 2.47. The lowest BCUT2D eigenvalue weighted by atomic mass is 10.0. The number of rotatable bonds is 6. The molecule has 0 unspecified atom stereocenters. The predicted octanol–water partition coefficient (Wildman–Crippen LogP) is 3.77. The van der Waals surface area contributed by atoms with Crippen LogP contribution in [0.5, 0.6) is 5.75 Å². The molecule has 0 heterocycles. The number of aryl methyl sites for hydroxylation is 1. The van der Waals surface area contributed by atoms with Crippen molar-refractivity contribution >= 4 is 5.97 Å². The van der Waals surface area contributed by atoms with Gasteiger partial charge in [-0.1, -0.05) is 36.4 Å². The normalized spacial score (nSPS) is 10.2. The lowest BCUT2D eigenvalue weighted by Crippen LogP contribution is -1.97. The van der Waals surface area contributed by atoms with E-state index in [1.165, 1.54) is 0 Å². The molecule has 0 saturated carbocycles. The highest BCUT2D eigenvalue weighted by Gasteiger charge is 2.01. The molecule has 0 aliphatic carbocycles. The van der Waals surface area contributed by atoms with Crippen LogP contribution in [-0.4, -0.2) is 17.7 Å². The zero-order chi connectivity index (χ0) is 14.4. The van der Waals surface area contributed by atoms with Crippen molar-refractivity contribution in [1.29, 1.82) is 0 Å². The molecule has 2 rings (SSSR count). The van der Waals surface area contributed by atoms with Gasteiger partial charge < -0.3 is 9.84 Å². The lowest BCUT2D eigenvalue weighted by molar-refractivity contribution is -0.136. The van der Waals surface area contributed by atoms with E-state index in [0.717, 1.165) is 22.4 Å². The Morgan fingerprint density at radius 2 is 1.55 bits per heavy atom. The number of ether oxygens (including phenoxy) is 1. The third-order valence-corrected chi connectivity index (χ3v) is 3.08. The number of carboxylic acids is 1. The van der Waals surface area contributed by atoms with Crippen molar-refractivity contribution in [3.63, 3.8) is 0 Å². The van der Waals surface area contributed by atoms with Crippen molar-refractivity contribution in [3.8, 4) is 16.9 Å². The minimum absolute atomic E-state index is 0.169. The molecule has 0 amide bonds. The van der Waals surface area contributed by atoms with Gasteiger partial charge in [-0.05, 0) is 42.2 Å². The van der Waals surface area contributed by atoms with Gasteiger partial charge in [0.05, 0.1) is 6.61 Å². The van der Waals surface area contributed by atoms with Gasteiger partial charge in [0.2, 0.25) is 0 Å². The maximum absolute atomic E-state index is 10.5. The van der Waals surface area contributed by atoms with E-state index in [1.807, 2.05) is 55.5 Å². The van der Waals surface area contributed by atoms with Crippen LogP contribution in [0.2, 0.25) is 0 Å². The molecule has 2 aromatic carbocycles. The topological polar surface area (TPSA) is 46.5 Å². The zero-order valence-electron chi connectivity index (χ0n) is 11.5. The molecule has 104 valence electrons. The number of aliphatic carboxylic acids is 1. The standard InChI is InChI=1S/C17H18O3/c1-2-20-16-10-8-15(9-11-16)14-6-3-13(4-7-14)5-12-17(18)19/h3-4,6-11H,2,5,12H2,1H3,(H,18,19). The van der Waals surface area contributed by atoms with Crippen LogP contribution < -0.4 is 4.74 Å².